The molecule has 0 unspecified atom stereocenters. The molecule has 0 aliphatic carbocycles. The van der Waals surface area contributed by atoms with Gasteiger partial charge in [0.05, 0.1) is 48.2 Å². The van der Waals surface area contributed by atoms with E-state index in [1.54, 1.807) is 0 Å². The summed E-state index contributed by atoms with van der Waals surface area (Å²) in [6, 6.07) is -32.8. The molecule has 2 heteroatoms. The number of furan rings is 1. The summed E-state index contributed by atoms with van der Waals surface area (Å²) in [5, 5.41) is -2.28. The molecule has 2 nitrogen and oxygen atoms in total. The van der Waals surface area contributed by atoms with Gasteiger partial charge in [-0.1, -0.05) is 151 Å². The first kappa shape index (κ1) is 10.6. The van der Waals surface area contributed by atoms with Crippen molar-refractivity contribution in [3.63, 3.8) is 0 Å². The molecule has 9 rings (SSSR count). The van der Waals surface area contributed by atoms with Crippen LogP contribution in [0.15, 0.2) is 192 Å². The Hall–Kier alpha value is -6.38. The predicted octanol–water partition coefficient (Wildman–Crippen LogP) is 13.2. The summed E-state index contributed by atoms with van der Waals surface area (Å²) in [4.78, 5) is 0.294. The summed E-state index contributed by atoms with van der Waals surface area (Å²) in [6.45, 7) is 0. The van der Waals surface area contributed by atoms with Gasteiger partial charge in [0.25, 0.3) is 0 Å². The fourth-order valence-electron chi connectivity index (χ4n) is 4.94. The van der Waals surface area contributed by atoms with E-state index in [4.69, 9.17) is 31.8 Å². The van der Waals surface area contributed by atoms with Crippen LogP contribution in [0, 0.1) is 0 Å². The van der Waals surface area contributed by atoms with E-state index in [1.165, 1.54) is 0 Å². The van der Waals surface area contributed by atoms with Gasteiger partial charge in [-0.15, -0.1) is 0 Å². The van der Waals surface area contributed by atoms with Crippen LogP contribution in [0.25, 0.3) is 66.1 Å². The van der Waals surface area contributed by atoms with Gasteiger partial charge in [-0.05, 0) is 63.9 Å². The van der Waals surface area contributed by atoms with E-state index in [0.717, 1.165) is 0 Å². The Kier molecular flexibility index (Phi) is 2.59. The highest BCUT2D eigenvalue weighted by molar-refractivity contribution is 6.17. The Morgan fingerprint density at radius 1 is 0.354 bits per heavy atom. The monoisotopic (exact) mass is 644 g/mol. The molecule has 8 aromatic carbocycles. The van der Waals surface area contributed by atoms with Crippen LogP contribution >= 0.6 is 0 Å². The number of hydrogen-bond acceptors (Lipinski definition) is 2. The number of rotatable bonds is 6. The first-order valence-electron chi connectivity index (χ1n) is 29.3. The van der Waals surface area contributed by atoms with Gasteiger partial charge in [-0.2, -0.15) is 0 Å². The minimum Gasteiger partial charge on any atom is -0.455 e. The summed E-state index contributed by atoms with van der Waals surface area (Å²) in [7, 11) is 0. The third-order valence-corrected chi connectivity index (χ3v) is 7.05. The molecular formula is C46H31NO. The average molecular weight is 645 g/mol. The van der Waals surface area contributed by atoms with Gasteiger partial charge in [-0.3, -0.25) is 0 Å². The largest absolute Gasteiger partial charge is 0.455 e. The molecule has 48 heavy (non-hydrogen) atoms. The van der Waals surface area contributed by atoms with Crippen molar-refractivity contribution in [1.82, 2.24) is 0 Å². The van der Waals surface area contributed by atoms with Crippen LogP contribution in [0.1, 0.15) is 42.5 Å². The van der Waals surface area contributed by atoms with Crippen LogP contribution in [0.4, 0.5) is 17.1 Å². The number of hydrogen-bond donors (Lipinski definition) is 0. The lowest BCUT2D eigenvalue weighted by atomic mass is 9.98. The Bertz CT molecular complexity index is 4080. The molecule has 226 valence electrons. The molecule has 0 aliphatic rings. The lowest BCUT2D eigenvalue weighted by molar-refractivity contribution is 0.674. The van der Waals surface area contributed by atoms with Gasteiger partial charge < -0.3 is 9.32 Å². The minimum absolute atomic E-state index is 0.294. The molecule has 1 aromatic heterocycles. The maximum Gasteiger partial charge on any atom is 0.143 e. The fourth-order valence-corrected chi connectivity index (χ4v) is 4.94. The molecular weight excluding hydrogens is 583 g/mol. The lowest BCUT2D eigenvalue weighted by Crippen LogP contribution is -2.11. The molecule has 0 aliphatic heterocycles. The first-order valence-corrected chi connectivity index (χ1v) is 13.8. The second-order valence-corrected chi connectivity index (χ2v) is 9.77. The van der Waals surface area contributed by atoms with E-state index in [9.17, 15) is 15.1 Å². The van der Waals surface area contributed by atoms with E-state index in [0.29, 0.717) is 4.90 Å². The lowest BCUT2D eigenvalue weighted by Gasteiger charge is -2.28. The summed E-state index contributed by atoms with van der Waals surface area (Å²) in [5.74, 6) is 0. The van der Waals surface area contributed by atoms with Gasteiger partial charge in [-0.25, -0.2) is 0 Å². The van der Waals surface area contributed by atoms with Crippen molar-refractivity contribution in [3.8, 4) is 33.4 Å². The second-order valence-electron chi connectivity index (χ2n) is 9.77. The smallest absolute Gasteiger partial charge is 0.143 e. The third kappa shape index (κ3) is 4.83. The van der Waals surface area contributed by atoms with E-state index < -0.39 is 270 Å². The maximum atomic E-state index is 9.60. The van der Waals surface area contributed by atoms with Gasteiger partial charge in [0.15, 0.2) is 0 Å². The van der Waals surface area contributed by atoms with E-state index in [-0.39, 0.29) is 0 Å². The second kappa shape index (κ2) is 11.8. The summed E-state index contributed by atoms with van der Waals surface area (Å²) in [6.07, 6.45) is 0. The molecule has 0 bridgehead atoms. The highest BCUT2D eigenvalue weighted by atomic mass is 16.3. The minimum atomic E-state index is -1.32. The molecule has 0 spiro atoms. The molecule has 0 N–H and O–H groups in total. The van der Waals surface area contributed by atoms with Gasteiger partial charge >= 0.3 is 0 Å². The fraction of sp³-hybridized carbons (Fsp3) is 0. The van der Waals surface area contributed by atoms with Gasteiger partial charge in [0.2, 0.25) is 0 Å². The van der Waals surface area contributed by atoms with Gasteiger partial charge in [0, 0.05) is 38.7 Å². The van der Waals surface area contributed by atoms with Crippen LogP contribution < -0.4 is 4.90 Å². The average Bonchev–Trinajstić information content (AvgIpc) is 3.55. The standard InChI is InChI=1S/C46H31NO/c1-3-12-32(13-4-1)34-22-27-37(28-23-34)47(38-29-24-35(25-30-38)33-14-5-2-6-15-33)44-21-10-9-18-40(44)41-19-11-20-42-43-31-26-36-16-7-8-17-39(36)45(43)48-46(41)42/h1-31H/i1D,2D,3D,4D,5D,6D,7D,8D,9D,10D,11D,12D,13D,14D,15D,16D,17D,18D,19D,20D,21D,22D,23D,24D,25D,26D,27D,28D,29D,30D,31D. The SMILES string of the molecule is [2H]c1c([2H])c([2H])c(-c2c([2H])c([2H])c(N(c3c([2H])c([2H])c(-c4c([2H])c([2H])c([2H])c([2H])c4[2H])c([2H])c3[2H])c3c([2H])c([2H])c([2H])c([2H])c3-c3c([2H])c([2H])c([2H])c4c3oc3c5c([2H])c([2H])c([2H])c([2H])c5c([2H])c([2H])c34)c([2H])c2[2H])c([2H])c1[2H]. The zero-order chi connectivity index (χ0) is 58.8. The highest BCUT2D eigenvalue weighted by Gasteiger charge is 2.21. The molecule has 0 saturated carbocycles. The predicted molar refractivity (Wildman–Crippen MR) is 202 cm³/mol. The van der Waals surface area contributed by atoms with E-state index >= 15 is 0 Å². The van der Waals surface area contributed by atoms with Crippen LogP contribution in [-0.2, 0) is 0 Å². The van der Waals surface area contributed by atoms with Crippen molar-refractivity contribution in [1.29, 1.82) is 0 Å². The van der Waals surface area contributed by atoms with Gasteiger partial charge in [0.1, 0.15) is 11.2 Å². The van der Waals surface area contributed by atoms with E-state index in [2.05, 4.69) is 0 Å². The number of benzene rings is 8. The number of fused-ring (bicyclic) bond motifs is 5. The molecule has 1 heterocycles. The molecule has 0 radical (unpaired) electrons. The zero-order valence-corrected chi connectivity index (χ0v) is 23.9. The Balaban J connectivity index is 1.55. The Morgan fingerprint density at radius 3 is 1.52 bits per heavy atom. The molecule has 0 atom stereocenters. The van der Waals surface area contributed by atoms with Crippen molar-refractivity contribution in [2.24, 2.45) is 0 Å². The van der Waals surface area contributed by atoms with Crippen molar-refractivity contribution in [2.45, 2.75) is 0 Å². The van der Waals surface area contributed by atoms with Crippen LogP contribution in [0.3, 0.4) is 0 Å². The quantitative estimate of drug-likeness (QED) is 0.179. The topological polar surface area (TPSA) is 16.4 Å². The summed E-state index contributed by atoms with van der Waals surface area (Å²) < 4.78 is 283. The third-order valence-electron chi connectivity index (χ3n) is 7.05. The van der Waals surface area contributed by atoms with Crippen LogP contribution in [0.2, 0.25) is 0 Å². The molecule has 9 aromatic rings. The number of nitrogens with zero attached hydrogens (tertiary/aromatic N) is 1. The summed E-state index contributed by atoms with van der Waals surface area (Å²) in [5.41, 5.74) is -10.7. The normalized spacial score (nSPS) is 20.4. The first-order chi connectivity index (χ1) is 36.7. The molecule has 0 fully saturated rings. The Labute approximate surface area is 323 Å². The number of anilines is 3. The van der Waals surface area contributed by atoms with Crippen molar-refractivity contribution in [3.05, 3.63) is 187 Å². The van der Waals surface area contributed by atoms with Crippen LogP contribution in [-0.4, -0.2) is 0 Å². The molecule has 0 amide bonds. The van der Waals surface area contributed by atoms with Crippen molar-refractivity contribution in [2.75, 3.05) is 4.90 Å². The maximum absolute atomic E-state index is 9.60. The zero-order valence-electron chi connectivity index (χ0n) is 54.9. The number of para-hydroxylation sites is 2. The summed E-state index contributed by atoms with van der Waals surface area (Å²) >= 11 is 0. The highest BCUT2D eigenvalue weighted by Crippen LogP contribution is 2.45. The molecule has 0 saturated heterocycles. The van der Waals surface area contributed by atoms with Crippen molar-refractivity contribution >= 4 is 49.8 Å². The Morgan fingerprint density at radius 2 is 0.854 bits per heavy atom. The van der Waals surface area contributed by atoms with Crippen molar-refractivity contribution < 1.29 is 46.9 Å². The van der Waals surface area contributed by atoms with Crippen LogP contribution in [0.5, 0.6) is 0 Å². The van der Waals surface area contributed by atoms with E-state index in [1.807, 2.05) is 0 Å².